The summed E-state index contributed by atoms with van der Waals surface area (Å²) >= 11 is 0. The minimum atomic E-state index is 0.440. The van der Waals surface area contributed by atoms with Crippen LogP contribution in [0, 0.1) is 0 Å². The van der Waals surface area contributed by atoms with Crippen LogP contribution in [0.2, 0.25) is 0 Å². The topological polar surface area (TPSA) is 66.1 Å². The molecule has 0 spiro atoms. The van der Waals surface area contributed by atoms with Gasteiger partial charge in [-0.05, 0) is 47.5 Å². The molecular formula is C22H22N2O3. The summed E-state index contributed by atoms with van der Waals surface area (Å²) < 4.78 is 17.1. The summed E-state index contributed by atoms with van der Waals surface area (Å²) in [5.41, 5.74) is 2.03. The molecule has 0 fully saturated rings. The number of nitrogens with zero attached hydrogens (tertiary/aromatic N) is 1. The lowest BCUT2D eigenvalue weighted by Gasteiger charge is -2.10. The van der Waals surface area contributed by atoms with E-state index >= 15 is 0 Å². The maximum Gasteiger partial charge on any atom is 0.122 e. The molecule has 0 amide bonds. The van der Waals surface area contributed by atoms with Crippen molar-refractivity contribution in [2.45, 2.75) is 6.61 Å². The van der Waals surface area contributed by atoms with Gasteiger partial charge in [-0.2, -0.15) is 5.10 Å². The van der Waals surface area contributed by atoms with Gasteiger partial charge in [0.1, 0.15) is 37.1 Å². The van der Waals surface area contributed by atoms with Gasteiger partial charge in [0.2, 0.25) is 0 Å². The molecule has 0 saturated heterocycles. The first-order chi connectivity index (χ1) is 13.3. The standard InChI is InChI=1S/C22H22N2O3/c23-24-16-19-7-4-8-22(15-19)26-14-13-25-20-9-11-21(12-10-20)27-17-18-5-2-1-3-6-18/h1-12,15-16H,13-14,17,23H2. The average Bonchev–Trinajstić information content (AvgIpc) is 2.72. The van der Waals surface area contributed by atoms with Crippen LogP contribution in [0.4, 0.5) is 0 Å². The average molecular weight is 362 g/mol. The Kier molecular flexibility index (Phi) is 6.70. The molecule has 0 aliphatic heterocycles. The minimum absolute atomic E-state index is 0.440. The Bertz CT molecular complexity index is 849. The molecule has 5 heteroatoms. The Labute approximate surface area is 159 Å². The number of nitrogens with two attached hydrogens (primary N) is 1. The van der Waals surface area contributed by atoms with Crippen molar-refractivity contribution >= 4 is 6.21 Å². The normalized spacial score (nSPS) is 10.7. The molecule has 0 radical (unpaired) electrons. The van der Waals surface area contributed by atoms with E-state index in [1.54, 1.807) is 6.21 Å². The van der Waals surface area contributed by atoms with Crippen LogP contribution in [-0.4, -0.2) is 19.4 Å². The van der Waals surface area contributed by atoms with E-state index in [9.17, 15) is 0 Å². The summed E-state index contributed by atoms with van der Waals surface area (Å²) in [6.07, 6.45) is 1.57. The van der Waals surface area contributed by atoms with E-state index < -0.39 is 0 Å². The first-order valence-electron chi connectivity index (χ1n) is 8.69. The number of rotatable bonds is 9. The molecule has 138 valence electrons. The molecule has 0 unspecified atom stereocenters. The van der Waals surface area contributed by atoms with E-state index in [2.05, 4.69) is 5.10 Å². The summed E-state index contributed by atoms with van der Waals surface area (Å²) in [5, 5.41) is 3.51. The van der Waals surface area contributed by atoms with Gasteiger partial charge in [0.05, 0.1) is 6.21 Å². The third-order valence-corrected chi connectivity index (χ3v) is 3.77. The third kappa shape index (κ3) is 6.08. The molecule has 5 nitrogen and oxygen atoms in total. The zero-order valence-corrected chi connectivity index (χ0v) is 15.0. The second kappa shape index (κ2) is 9.87. The monoisotopic (exact) mass is 362 g/mol. The Balaban J connectivity index is 1.40. The summed E-state index contributed by atoms with van der Waals surface area (Å²) in [6.45, 7) is 1.43. The van der Waals surface area contributed by atoms with Crippen molar-refractivity contribution in [3.63, 3.8) is 0 Å². The van der Waals surface area contributed by atoms with Crippen LogP contribution in [0.3, 0.4) is 0 Å². The lowest BCUT2D eigenvalue weighted by Crippen LogP contribution is -2.09. The Morgan fingerprint density at radius 1 is 0.704 bits per heavy atom. The Hall–Kier alpha value is -3.47. The molecule has 0 aliphatic carbocycles. The van der Waals surface area contributed by atoms with Crippen LogP contribution in [-0.2, 0) is 6.61 Å². The summed E-state index contributed by atoms with van der Waals surface area (Å²) in [5.74, 6) is 7.49. The van der Waals surface area contributed by atoms with Crippen molar-refractivity contribution in [2.24, 2.45) is 10.9 Å². The molecule has 2 N–H and O–H groups in total. The van der Waals surface area contributed by atoms with E-state index in [-0.39, 0.29) is 0 Å². The first-order valence-corrected chi connectivity index (χ1v) is 8.69. The Morgan fingerprint density at radius 3 is 2.07 bits per heavy atom. The highest BCUT2D eigenvalue weighted by Crippen LogP contribution is 2.19. The van der Waals surface area contributed by atoms with Gasteiger partial charge in [0.25, 0.3) is 0 Å². The van der Waals surface area contributed by atoms with Crippen molar-refractivity contribution in [1.29, 1.82) is 0 Å². The fourth-order valence-corrected chi connectivity index (χ4v) is 2.46. The quantitative estimate of drug-likeness (QED) is 0.270. The fourth-order valence-electron chi connectivity index (χ4n) is 2.46. The number of hydrazone groups is 1. The molecular weight excluding hydrogens is 340 g/mol. The van der Waals surface area contributed by atoms with E-state index in [1.807, 2.05) is 78.9 Å². The summed E-state index contributed by atoms with van der Waals surface area (Å²) in [6, 6.07) is 25.2. The molecule has 0 aliphatic rings. The van der Waals surface area contributed by atoms with Gasteiger partial charge in [0, 0.05) is 0 Å². The number of hydrogen-bond donors (Lipinski definition) is 1. The molecule has 3 rings (SSSR count). The molecule has 3 aromatic rings. The van der Waals surface area contributed by atoms with Crippen molar-refractivity contribution < 1.29 is 14.2 Å². The van der Waals surface area contributed by atoms with Crippen LogP contribution in [0.25, 0.3) is 0 Å². The second-order valence-electron chi connectivity index (χ2n) is 5.79. The number of ether oxygens (including phenoxy) is 3. The number of hydrogen-bond acceptors (Lipinski definition) is 5. The van der Waals surface area contributed by atoms with Gasteiger partial charge in [-0.15, -0.1) is 0 Å². The van der Waals surface area contributed by atoms with Gasteiger partial charge in [-0.25, -0.2) is 0 Å². The maximum absolute atomic E-state index is 5.76. The van der Waals surface area contributed by atoms with Gasteiger partial charge < -0.3 is 20.1 Å². The van der Waals surface area contributed by atoms with Crippen LogP contribution in [0.1, 0.15) is 11.1 Å². The van der Waals surface area contributed by atoms with Crippen LogP contribution >= 0.6 is 0 Å². The largest absolute Gasteiger partial charge is 0.490 e. The Morgan fingerprint density at radius 2 is 1.37 bits per heavy atom. The minimum Gasteiger partial charge on any atom is -0.490 e. The molecule has 0 saturated carbocycles. The van der Waals surface area contributed by atoms with Crippen molar-refractivity contribution in [2.75, 3.05) is 13.2 Å². The summed E-state index contributed by atoms with van der Waals surface area (Å²) in [4.78, 5) is 0. The van der Waals surface area contributed by atoms with Crippen LogP contribution in [0.5, 0.6) is 17.2 Å². The van der Waals surface area contributed by atoms with E-state index in [0.717, 1.165) is 28.4 Å². The molecule has 0 aromatic heterocycles. The molecule has 27 heavy (non-hydrogen) atoms. The highest BCUT2D eigenvalue weighted by Gasteiger charge is 1.99. The molecule has 3 aromatic carbocycles. The van der Waals surface area contributed by atoms with E-state index in [1.165, 1.54) is 0 Å². The van der Waals surface area contributed by atoms with Crippen LogP contribution in [0.15, 0.2) is 84.0 Å². The van der Waals surface area contributed by atoms with Gasteiger partial charge in [-0.3, -0.25) is 0 Å². The van der Waals surface area contributed by atoms with Crippen molar-refractivity contribution in [3.05, 3.63) is 90.0 Å². The third-order valence-electron chi connectivity index (χ3n) is 3.77. The van der Waals surface area contributed by atoms with Gasteiger partial charge in [0.15, 0.2) is 0 Å². The smallest absolute Gasteiger partial charge is 0.122 e. The fraction of sp³-hybridized carbons (Fsp3) is 0.136. The van der Waals surface area contributed by atoms with E-state index in [4.69, 9.17) is 20.1 Å². The lowest BCUT2D eigenvalue weighted by atomic mass is 10.2. The van der Waals surface area contributed by atoms with E-state index in [0.29, 0.717) is 19.8 Å². The second-order valence-corrected chi connectivity index (χ2v) is 5.79. The molecule has 0 atom stereocenters. The molecule has 0 heterocycles. The van der Waals surface area contributed by atoms with Crippen molar-refractivity contribution in [3.8, 4) is 17.2 Å². The maximum atomic E-state index is 5.76. The predicted molar refractivity (Wildman–Crippen MR) is 106 cm³/mol. The highest BCUT2D eigenvalue weighted by atomic mass is 16.5. The predicted octanol–water partition coefficient (Wildman–Crippen LogP) is 4.02. The first kappa shape index (κ1) is 18.3. The van der Waals surface area contributed by atoms with Gasteiger partial charge in [-0.1, -0.05) is 42.5 Å². The SMILES string of the molecule is NN=Cc1cccc(OCCOc2ccc(OCc3ccccc3)cc2)c1. The summed E-state index contributed by atoms with van der Waals surface area (Å²) in [7, 11) is 0. The zero-order valence-electron chi connectivity index (χ0n) is 15.0. The highest BCUT2D eigenvalue weighted by molar-refractivity contribution is 5.79. The lowest BCUT2D eigenvalue weighted by molar-refractivity contribution is 0.217. The van der Waals surface area contributed by atoms with Crippen LogP contribution < -0.4 is 20.1 Å². The zero-order chi connectivity index (χ0) is 18.7. The number of benzene rings is 3. The molecule has 0 bridgehead atoms. The van der Waals surface area contributed by atoms with Crippen molar-refractivity contribution in [1.82, 2.24) is 0 Å². The van der Waals surface area contributed by atoms with Gasteiger partial charge >= 0.3 is 0 Å².